The molecule has 0 atom stereocenters. The highest BCUT2D eigenvalue weighted by Crippen LogP contribution is 2.21. The molecule has 0 aromatic heterocycles. The normalized spacial score (nSPS) is 13.4. The smallest absolute Gasteiger partial charge is 0.338 e. The Balaban J connectivity index is 1.35. The molecule has 1 saturated heterocycles. The fraction of sp³-hybridized carbons (Fsp3) is 0.375. The van der Waals surface area contributed by atoms with Gasteiger partial charge >= 0.3 is 5.97 Å². The number of piperidine rings is 1. The second kappa shape index (κ2) is 11.7. The predicted octanol–water partition coefficient (Wildman–Crippen LogP) is 2.95. The Morgan fingerprint density at radius 2 is 1.66 bits per heavy atom. The second-order valence-electron chi connectivity index (χ2n) is 7.23. The monoisotopic (exact) mass is 440 g/mol. The van der Waals surface area contributed by atoms with E-state index in [1.165, 1.54) is 0 Å². The zero-order valence-electron chi connectivity index (χ0n) is 18.2. The standard InChI is InChI=1S/C24H28N2O6/c1-2-30-20-10-12-21(13-11-20)31-16-14-25-22(27)17-32-24(29)18-6-8-19(9-7-18)26-15-4-3-5-23(26)28/h6-13H,2-5,14-17H2,1H3,(H,25,27). The topological polar surface area (TPSA) is 94.2 Å². The van der Waals surface area contributed by atoms with Gasteiger partial charge in [-0.2, -0.15) is 0 Å². The Labute approximate surface area is 187 Å². The van der Waals surface area contributed by atoms with Crippen LogP contribution in [0.3, 0.4) is 0 Å². The highest BCUT2D eigenvalue weighted by atomic mass is 16.5. The predicted molar refractivity (Wildman–Crippen MR) is 119 cm³/mol. The lowest BCUT2D eigenvalue weighted by Gasteiger charge is -2.26. The molecule has 8 nitrogen and oxygen atoms in total. The summed E-state index contributed by atoms with van der Waals surface area (Å²) in [5.41, 5.74) is 1.08. The van der Waals surface area contributed by atoms with Crippen LogP contribution in [0.1, 0.15) is 36.5 Å². The lowest BCUT2D eigenvalue weighted by molar-refractivity contribution is -0.124. The maximum absolute atomic E-state index is 12.2. The van der Waals surface area contributed by atoms with Crippen LogP contribution in [0.2, 0.25) is 0 Å². The molecule has 0 unspecified atom stereocenters. The average molecular weight is 440 g/mol. The molecule has 0 radical (unpaired) electrons. The minimum atomic E-state index is -0.595. The average Bonchev–Trinajstić information content (AvgIpc) is 2.82. The summed E-state index contributed by atoms with van der Waals surface area (Å²) in [6.07, 6.45) is 2.43. The zero-order chi connectivity index (χ0) is 22.8. The van der Waals surface area contributed by atoms with E-state index in [9.17, 15) is 14.4 Å². The first kappa shape index (κ1) is 23.1. The van der Waals surface area contributed by atoms with E-state index in [0.29, 0.717) is 30.9 Å². The van der Waals surface area contributed by atoms with Crippen molar-refractivity contribution in [2.24, 2.45) is 0 Å². The number of hydrogen-bond acceptors (Lipinski definition) is 6. The summed E-state index contributed by atoms with van der Waals surface area (Å²) in [7, 11) is 0. The number of amides is 2. The van der Waals surface area contributed by atoms with Crippen molar-refractivity contribution in [3.8, 4) is 11.5 Å². The molecule has 0 bridgehead atoms. The molecule has 8 heteroatoms. The number of nitrogens with zero attached hydrogens (tertiary/aromatic N) is 1. The van der Waals surface area contributed by atoms with Crippen LogP contribution < -0.4 is 19.7 Å². The van der Waals surface area contributed by atoms with Crippen molar-refractivity contribution in [2.75, 3.05) is 37.8 Å². The summed E-state index contributed by atoms with van der Waals surface area (Å²) >= 11 is 0. The third-order valence-corrected chi connectivity index (χ3v) is 4.90. The fourth-order valence-electron chi connectivity index (χ4n) is 3.28. The molecule has 0 aliphatic carbocycles. The summed E-state index contributed by atoms with van der Waals surface area (Å²) in [5, 5.41) is 2.64. The van der Waals surface area contributed by atoms with Crippen LogP contribution in [0.25, 0.3) is 0 Å². The quantitative estimate of drug-likeness (QED) is 0.451. The van der Waals surface area contributed by atoms with Gasteiger partial charge in [-0.25, -0.2) is 4.79 Å². The second-order valence-corrected chi connectivity index (χ2v) is 7.23. The van der Waals surface area contributed by atoms with Crippen molar-refractivity contribution in [1.82, 2.24) is 5.32 Å². The van der Waals surface area contributed by atoms with Gasteiger partial charge in [-0.1, -0.05) is 0 Å². The number of nitrogens with one attached hydrogen (secondary N) is 1. The molecule has 3 rings (SSSR count). The van der Waals surface area contributed by atoms with E-state index in [1.807, 2.05) is 19.1 Å². The molecule has 0 spiro atoms. The van der Waals surface area contributed by atoms with Gasteiger partial charge in [0.2, 0.25) is 5.91 Å². The van der Waals surface area contributed by atoms with Gasteiger partial charge < -0.3 is 24.4 Å². The number of rotatable bonds is 10. The molecule has 2 aromatic rings. The van der Waals surface area contributed by atoms with E-state index in [-0.39, 0.29) is 25.7 Å². The van der Waals surface area contributed by atoms with Gasteiger partial charge in [-0.15, -0.1) is 0 Å². The van der Waals surface area contributed by atoms with Gasteiger partial charge in [-0.05, 0) is 68.3 Å². The first-order valence-corrected chi connectivity index (χ1v) is 10.8. The number of ether oxygens (including phenoxy) is 3. The van der Waals surface area contributed by atoms with Crippen LogP contribution in [0.15, 0.2) is 48.5 Å². The summed E-state index contributed by atoms with van der Waals surface area (Å²) in [6.45, 7) is 3.38. The molecule has 1 aliphatic rings. The van der Waals surface area contributed by atoms with Crippen molar-refractivity contribution in [3.05, 3.63) is 54.1 Å². The van der Waals surface area contributed by atoms with E-state index in [2.05, 4.69) is 5.32 Å². The number of carbonyl (C=O) groups excluding carboxylic acids is 3. The Hall–Kier alpha value is -3.55. The van der Waals surface area contributed by atoms with Crippen molar-refractivity contribution in [3.63, 3.8) is 0 Å². The molecule has 1 fully saturated rings. The largest absolute Gasteiger partial charge is 0.494 e. The first-order chi connectivity index (χ1) is 15.6. The van der Waals surface area contributed by atoms with Crippen LogP contribution >= 0.6 is 0 Å². The Bertz CT molecular complexity index is 911. The minimum absolute atomic E-state index is 0.0924. The molecule has 1 N–H and O–H groups in total. The molecule has 1 heterocycles. The summed E-state index contributed by atoms with van der Waals surface area (Å²) < 4.78 is 16.0. The van der Waals surface area contributed by atoms with Crippen molar-refractivity contribution in [1.29, 1.82) is 0 Å². The fourth-order valence-corrected chi connectivity index (χ4v) is 3.28. The van der Waals surface area contributed by atoms with E-state index in [4.69, 9.17) is 14.2 Å². The lowest BCUT2D eigenvalue weighted by atomic mass is 10.1. The Morgan fingerprint density at radius 1 is 0.969 bits per heavy atom. The van der Waals surface area contributed by atoms with E-state index >= 15 is 0 Å². The lowest BCUT2D eigenvalue weighted by Crippen LogP contribution is -2.35. The van der Waals surface area contributed by atoms with Gasteiger partial charge in [-0.3, -0.25) is 9.59 Å². The maximum Gasteiger partial charge on any atom is 0.338 e. The zero-order valence-corrected chi connectivity index (χ0v) is 18.2. The Morgan fingerprint density at radius 3 is 2.31 bits per heavy atom. The molecular weight excluding hydrogens is 412 g/mol. The molecule has 170 valence electrons. The highest BCUT2D eigenvalue weighted by molar-refractivity contribution is 5.95. The highest BCUT2D eigenvalue weighted by Gasteiger charge is 2.20. The van der Waals surface area contributed by atoms with Gasteiger partial charge in [0.15, 0.2) is 6.61 Å². The van der Waals surface area contributed by atoms with E-state index in [1.54, 1.807) is 41.3 Å². The molecule has 32 heavy (non-hydrogen) atoms. The van der Waals surface area contributed by atoms with Crippen LogP contribution in [-0.4, -0.2) is 50.7 Å². The van der Waals surface area contributed by atoms with Crippen molar-refractivity contribution in [2.45, 2.75) is 26.2 Å². The Kier molecular flexibility index (Phi) is 8.48. The summed E-state index contributed by atoms with van der Waals surface area (Å²) in [5.74, 6) is 0.523. The van der Waals surface area contributed by atoms with E-state index < -0.39 is 11.9 Å². The van der Waals surface area contributed by atoms with Crippen molar-refractivity contribution < 1.29 is 28.6 Å². The van der Waals surface area contributed by atoms with Crippen LogP contribution in [0.4, 0.5) is 5.69 Å². The molecule has 0 saturated carbocycles. The van der Waals surface area contributed by atoms with Crippen LogP contribution in [0.5, 0.6) is 11.5 Å². The number of anilines is 1. The number of hydrogen-bond donors (Lipinski definition) is 1. The number of benzene rings is 2. The third-order valence-electron chi connectivity index (χ3n) is 4.90. The molecule has 2 amide bonds. The number of carbonyl (C=O) groups is 3. The third kappa shape index (κ3) is 6.73. The van der Waals surface area contributed by atoms with Crippen molar-refractivity contribution >= 4 is 23.5 Å². The molecule has 2 aromatic carbocycles. The van der Waals surface area contributed by atoms with Gasteiger partial charge in [0, 0.05) is 18.7 Å². The summed E-state index contributed by atoms with van der Waals surface area (Å²) in [4.78, 5) is 37.8. The molecule has 1 aliphatic heterocycles. The molecular formula is C24H28N2O6. The van der Waals surface area contributed by atoms with Crippen LogP contribution in [0, 0.1) is 0 Å². The van der Waals surface area contributed by atoms with Crippen LogP contribution in [-0.2, 0) is 14.3 Å². The van der Waals surface area contributed by atoms with Gasteiger partial charge in [0.1, 0.15) is 18.1 Å². The number of esters is 1. The minimum Gasteiger partial charge on any atom is -0.494 e. The maximum atomic E-state index is 12.2. The summed E-state index contributed by atoms with van der Waals surface area (Å²) in [6, 6.07) is 13.9. The van der Waals surface area contributed by atoms with E-state index in [0.717, 1.165) is 24.3 Å². The SMILES string of the molecule is CCOc1ccc(OCCNC(=O)COC(=O)c2ccc(N3CCCCC3=O)cc2)cc1. The van der Waals surface area contributed by atoms with Gasteiger partial charge in [0.25, 0.3) is 5.91 Å². The van der Waals surface area contributed by atoms with Gasteiger partial charge in [0.05, 0.1) is 18.7 Å². The first-order valence-electron chi connectivity index (χ1n) is 10.8.